The van der Waals surface area contributed by atoms with Crippen LogP contribution in [0.1, 0.15) is 23.2 Å². The molecule has 124 valence electrons. The Balaban J connectivity index is 1.67. The molecule has 2 heterocycles. The van der Waals surface area contributed by atoms with Gasteiger partial charge in [0.05, 0.1) is 10.7 Å². The fraction of sp³-hybridized carbons (Fsp3) is 0.438. The van der Waals surface area contributed by atoms with Gasteiger partial charge in [-0.15, -0.1) is 11.3 Å². The zero-order valence-corrected chi connectivity index (χ0v) is 15.0. The van der Waals surface area contributed by atoms with Crippen LogP contribution in [0, 0.1) is 0 Å². The number of thiazole rings is 1. The second-order valence-corrected chi connectivity index (χ2v) is 6.33. The van der Waals surface area contributed by atoms with Crippen LogP contribution >= 0.6 is 22.9 Å². The number of hydrogen-bond donors (Lipinski definition) is 2. The molecule has 23 heavy (non-hydrogen) atoms. The van der Waals surface area contributed by atoms with Crippen molar-refractivity contribution in [1.29, 1.82) is 0 Å². The number of pyridine rings is 1. The third-order valence-electron chi connectivity index (χ3n) is 3.29. The van der Waals surface area contributed by atoms with Crippen molar-refractivity contribution in [2.24, 2.45) is 4.99 Å². The molecule has 2 rings (SSSR count). The quantitative estimate of drug-likeness (QED) is 0.457. The highest BCUT2D eigenvalue weighted by molar-refractivity contribution is 7.09. The highest BCUT2D eigenvalue weighted by atomic mass is 35.5. The number of hydrogen-bond acceptors (Lipinski definition) is 4. The minimum absolute atomic E-state index is 0.521. The van der Waals surface area contributed by atoms with Gasteiger partial charge >= 0.3 is 0 Å². The summed E-state index contributed by atoms with van der Waals surface area (Å²) in [4.78, 5) is 12.9. The summed E-state index contributed by atoms with van der Waals surface area (Å²) < 4.78 is 0. The van der Waals surface area contributed by atoms with E-state index < -0.39 is 0 Å². The summed E-state index contributed by atoms with van der Waals surface area (Å²) in [5.74, 6) is 0.804. The van der Waals surface area contributed by atoms with Crippen molar-refractivity contribution >= 4 is 28.9 Å². The summed E-state index contributed by atoms with van der Waals surface area (Å²) in [5.41, 5.74) is 2.29. The van der Waals surface area contributed by atoms with Gasteiger partial charge in [0.1, 0.15) is 5.15 Å². The summed E-state index contributed by atoms with van der Waals surface area (Å²) >= 11 is 7.50. The van der Waals surface area contributed by atoms with E-state index in [-0.39, 0.29) is 0 Å². The van der Waals surface area contributed by atoms with Gasteiger partial charge in [0.2, 0.25) is 0 Å². The predicted molar refractivity (Wildman–Crippen MR) is 97.5 cm³/mol. The van der Waals surface area contributed by atoms with Crippen LogP contribution in [0.2, 0.25) is 5.15 Å². The average molecular weight is 352 g/mol. The van der Waals surface area contributed by atoms with Crippen molar-refractivity contribution in [2.45, 2.75) is 26.2 Å². The zero-order chi connectivity index (χ0) is 16.5. The van der Waals surface area contributed by atoms with Gasteiger partial charge in [0.25, 0.3) is 0 Å². The maximum atomic E-state index is 5.78. The van der Waals surface area contributed by atoms with Gasteiger partial charge in [-0.3, -0.25) is 4.99 Å². The van der Waals surface area contributed by atoms with E-state index >= 15 is 0 Å². The van der Waals surface area contributed by atoms with Gasteiger partial charge in [-0.05, 0) is 24.5 Å². The van der Waals surface area contributed by atoms with Gasteiger partial charge in [0, 0.05) is 38.1 Å². The van der Waals surface area contributed by atoms with E-state index in [1.54, 1.807) is 24.6 Å². The molecule has 0 aliphatic heterocycles. The molecule has 0 atom stereocenters. The van der Waals surface area contributed by atoms with Crippen LogP contribution in [-0.4, -0.2) is 36.1 Å². The Morgan fingerprint density at radius 3 is 2.65 bits per heavy atom. The molecular weight excluding hydrogens is 330 g/mol. The lowest BCUT2D eigenvalue weighted by molar-refractivity contribution is 0.775. The molecule has 5 nitrogen and oxygen atoms in total. The summed E-state index contributed by atoms with van der Waals surface area (Å²) in [5, 5.41) is 10.4. The first kappa shape index (κ1) is 17.7. The maximum Gasteiger partial charge on any atom is 0.190 e. The number of nitrogens with one attached hydrogen (secondary N) is 2. The van der Waals surface area contributed by atoms with Gasteiger partial charge in [-0.2, -0.15) is 0 Å². The SMILES string of the molecule is CCc1nc(CCNC(=NC)NCCc2ccc(Cl)nc2)cs1. The molecule has 2 aromatic rings. The summed E-state index contributed by atoms with van der Waals surface area (Å²) in [6.07, 6.45) is 4.57. The van der Waals surface area contributed by atoms with Crippen LogP contribution in [0.25, 0.3) is 0 Å². The van der Waals surface area contributed by atoms with Gasteiger partial charge in [-0.1, -0.05) is 24.6 Å². The average Bonchev–Trinajstić information content (AvgIpc) is 3.03. The highest BCUT2D eigenvalue weighted by Gasteiger charge is 2.02. The normalized spacial score (nSPS) is 11.5. The molecule has 0 aromatic carbocycles. The number of aromatic nitrogens is 2. The molecule has 0 saturated heterocycles. The molecule has 0 aliphatic carbocycles. The molecule has 2 aromatic heterocycles. The summed E-state index contributed by atoms with van der Waals surface area (Å²) in [7, 11) is 1.78. The van der Waals surface area contributed by atoms with Gasteiger partial charge in [0.15, 0.2) is 5.96 Å². The predicted octanol–water partition coefficient (Wildman–Crippen LogP) is 2.70. The van der Waals surface area contributed by atoms with Crippen molar-refractivity contribution in [3.63, 3.8) is 0 Å². The number of halogens is 1. The van der Waals surface area contributed by atoms with Crippen molar-refractivity contribution < 1.29 is 0 Å². The minimum Gasteiger partial charge on any atom is -0.356 e. The third kappa shape index (κ3) is 6.15. The fourth-order valence-electron chi connectivity index (χ4n) is 2.04. The van der Waals surface area contributed by atoms with Gasteiger partial charge in [-0.25, -0.2) is 9.97 Å². The standard InChI is InChI=1S/C16H22ClN5S/c1-3-15-22-13(11-23-15)7-9-20-16(18-2)19-8-6-12-4-5-14(17)21-10-12/h4-5,10-11H,3,6-9H2,1-2H3,(H2,18,19,20). The molecule has 0 saturated carbocycles. The second kappa shape index (κ2) is 9.47. The van der Waals surface area contributed by atoms with Crippen molar-refractivity contribution in [3.05, 3.63) is 45.1 Å². The molecule has 0 aliphatic rings. The number of nitrogens with zero attached hydrogens (tertiary/aromatic N) is 3. The Labute approximate surface area is 146 Å². The monoisotopic (exact) mass is 351 g/mol. The lowest BCUT2D eigenvalue weighted by Crippen LogP contribution is -2.39. The van der Waals surface area contributed by atoms with Crippen LogP contribution in [0.3, 0.4) is 0 Å². The number of guanidine groups is 1. The van der Waals surface area contributed by atoms with E-state index in [9.17, 15) is 0 Å². The highest BCUT2D eigenvalue weighted by Crippen LogP contribution is 2.10. The van der Waals surface area contributed by atoms with Gasteiger partial charge < -0.3 is 10.6 Å². The molecule has 2 N–H and O–H groups in total. The Morgan fingerprint density at radius 2 is 2.04 bits per heavy atom. The summed E-state index contributed by atoms with van der Waals surface area (Å²) in [6, 6.07) is 3.79. The Bertz CT molecular complexity index is 624. The van der Waals surface area contributed by atoms with Crippen LogP contribution in [-0.2, 0) is 19.3 Å². The van der Waals surface area contributed by atoms with Crippen LogP contribution < -0.4 is 10.6 Å². The lowest BCUT2D eigenvalue weighted by Gasteiger charge is -2.11. The first-order valence-electron chi connectivity index (χ1n) is 7.69. The van der Waals surface area contributed by atoms with E-state index in [4.69, 9.17) is 11.6 Å². The maximum absolute atomic E-state index is 5.78. The topological polar surface area (TPSA) is 62.2 Å². The number of rotatable bonds is 7. The van der Waals surface area contributed by atoms with Crippen LogP contribution in [0.4, 0.5) is 0 Å². The Kier molecular flexibility index (Phi) is 7.29. The summed E-state index contributed by atoms with van der Waals surface area (Å²) in [6.45, 7) is 3.73. The van der Waals surface area contributed by atoms with Crippen LogP contribution in [0.5, 0.6) is 0 Å². The lowest BCUT2D eigenvalue weighted by atomic mass is 10.2. The van der Waals surface area contributed by atoms with E-state index in [2.05, 4.69) is 37.9 Å². The molecule has 0 spiro atoms. The Hall–Kier alpha value is -1.66. The smallest absolute Gasteiger partial charge is 0.190 e. The number of aliphatic imine (C=N–C) groups is 1. The van der Waals surface area contributed by atoms with Crippen molar-refractivity contribution in [1.82, 2.24) is 20.6 Å². The second-order valence-electron chi connectivity index (χ2n) is 5.00. The zero-order valence-electron chi connectivity index (χ0n) is 13.5. The van der Waals surface area contributed by atoms with Crippen molar-refractivity contribution in [2.75, 3.05) is 20.1 Å². The van der Waals surface area contributed by atoms with Crippen molar-refractivity contribution in [3.8, 4) is 0 Å². The molecule has 0 unspecified atom stereocenters. The molecule has 0 amide bonds. The molecular formula is C16H22ClN5S. The molecule has 0 bridgehead atoms. The fourth-order valence-corrected chi connectivity index (χ4v) is 2.93. The first-order valence-corrected chi connectivity index (χ1v) is 8.95. The van der Waals surface area contributed by atoms with E-state index in [0.717, 1.165) is 49.6 Å². The largest absolute Gasteiger partial charge is 0.356 e. The van der Waals surface area contributed by atoms with E-state index in [0.29, 0.717) is 5.15 Å². The van der Waals surface area contributed by atoms with E-state index in [1.807, 2.05) is 12.1 Å². The Morgan fingerprint density at radius 1 is 1.26 bits per heavy atom. The molecule has 0 radical (unpaired) electrons. The van der Waals surface area contributed by atoms with Crippen LogP contribution in [0.15, 0.2) is 28.7 Å². The minimum atomic E-state index is 0.521. The molecule has 7 heteroatoms. The van der Waals surface area contributed by atoms with E-state index in [1.165, 1.54) is 5.01 Å². The molecule has 0 fully saturated rings. The first-order chi connectivity index (χ1) is 11.2. The number of aryl methyl sites for hydroxylation is 1. The third-order valence-corrected chi connectivity index (χ3v) is 4.56.